The van der Waals surface area contributed by atoms with E-state index in [1.54, 1.807) is 30.3 Å². The molecular formula is C23H25N7O7. The van der Waals surface area contributed by atoms with E-state index in [0.29, 0.717) is 11.1 Å². The highest BCUT2D eigenvalue weighted by atomic mass is 16.6. The molecule has 0 aromatic heterocycles. The Hall–Kier alpha value is -5.01. The van der Waals surface area contributed by atoms with E-state index in [4.69, 9.17) is 16.2 Å². The van der Waals surface area contributed by atoms with E-state index in [1.807, 2.05) is 0 Å². The van der Waals surface area contributed by atoms with E-state index in [0.717, 1.165) is 11.0 Å². The number of aliphatic imine (C=N–C) groups is 1. The first kappa shape index (κ1) is 26.6. The van der Waals surface area contributed by atoms with Crippen LogP contribution in [0, 0.1) is 10.1 Å². The van der Waals surface area contributed by atoms with Gasteiger partial charge in [-0.25, -0.2) is 19.5 Å². The highest BCUT2D eigenvalue weighted by Gasteiger charge is 2.44. The Morgan fingerprint density at radius 3 is 2.51 bits per heavy atom. The van der Waals surface area contributed by atoms with Crippen LogP contribution in [0.5, 0.6) is 0 Å². The van der Waals surface area contributed by atoms with Gasteiger partial charge in [-0.3, -0.25) is 19.7 Å². The lowest BCUT2D eigenvalue weighted by Gasteiger charge is -2.24. The zero-order valence-corrected chi connectivity index (χ0v) is 19.8. The topological polar surface area (TPSA) is 204 Å². The van der Waals surface area contributed by atoms with Crippen LogP contribution in [-0.2, 0) is 25.5 Å². The number of esters is 1. The van der Waals surface area contributed by atoms with Crippen molar-refractivity contribution in [3.8, 4) is 0 Å². The molecule has 0 aliphatic carbocycles. The Morgan fingerprint density at radius 2 is 1.89 bits per heavy atom. The number of rotatable bonds is 10. The number of urea groups is 1. The number of carbonyl (C=O) groups excluding carboxylic acids is 4. The minimum absolute atomic E-state index is 0.00346. The first-order valence-corrected chi connectivity index (χ1v) is 11.0. The summed E-state index contributed by atoms with van der Waals surface area (Å²) in [5, 5.41) is 13.6. The molecule has 1 atom stereocenters. The molecule has 2 aromatic carbocycles. The number of nitrogens with zero attached hydrogens (tertiary/aromatic N) is 4. The summed E-state index contributed by atoms with van der Waals surface area (Å²) in [6.07, 6.45) is -0.193. The van der Waals surface area contributed by atoms with Gasteiger partial charge in [-0.1, -0.05) is 30.3 Å². The number of hydrogen-bond acceptors (Lipinski definition) is 8. The van der Waals surface area contributed by atoms with Crippen LogP contribution in [0.3, 0.4) is 0 Å². The summed E-state index contributed by atoms with van der Waals surface area (Å²) in [7, 11) is 1.17. The number of methoxy groups -OCH3 is 1. The van der Waals surface area contributed by atoms with Crippen molar-refractivity contribution in [2.45, 2.75) is 12.5 Å². The quantitative estimate of drug-likeness (QED) is 0.100. The van der Waals surface area contributed by atoms with E-state index in [2.05, 4.69) is 10.3 Å². The normalized spacial score (nSPS) is 13.8. The second-order valence-electron chi connectivity index (χ2n) is 7.94. The Balaban J connectivity index is 1.64. The number of ether oxygens (including phenoxy) is 1. The number of hydrogen-bond donors (Lipinski definition) is 3. The minimum Gasteiger partial charge on any atom is -0.467 e. The predicted octanol–water partition coefficient (Wildman–Crippen LogP) is 0.337. The van der Waals surface area contributed by atoms with Crippen molar-refractivity contribution < 1.29 is 28.8 Å². The number of carbonyl (C=O) groups is 4. The largest absolute Gasteiger partial charge is 0.467 e. The SMILES string of the molecule is COC(=O)C(c1ccccc1)N1C(=O)CN(CCNC(=O)Cc2ccc([N+](=O)[O-])cc2N=C(N)N)C1=O. The molecule has 0 bridgehead atoms. The fourth-order valence-corrected chi connectivity index (χ4v) is 3.76. The lowest BCUT2D eigenvalue weighted by Crippen LogP contribution is -2.42. The maximum atomic E-state index is 13.0. The number of nitro groups is 1. The second kappa shape index (κ2) is 11.6. The summed E-state index contributed by atoms with van der Waals surface area (Å²) < 4.78 is 4.81. The zero-order chi connectivity index (χ0) is 27.1. The molecule has 0 saturated carbocycles. The van der Waals surface area contributed by atoms with Crippen LogP contribution in [-0.4, -0.2) is 71.2 Å². The summed E-state index contributed by atoms with van der Waals surface area (Å²) in [5.74, 6) is -2.14. The van der Waals surface area contributed by atoms with Crippen molar-refractivity contribution in [3.05, 3.63) is 69.8 Å². The molecule has 1 aliphatic rings. The molecule has 0 radical (unpaired) electrons. The molecule has 1 aliphatic heterocycles. The molecule has 37 heavy (non-hydrogen) atoms. The Kier molecular flexibility index (Phi) is 8.35. The van der Waals surface area contributed by atoms with E-state index >= 15 is 0 Å². The maximum absolute atomic E-state index is 13.0. The fourth-order valence-electron chi connectivity index (χ4n) is 3.76. The lowest BCUT2D eigenvalue weighted by molar-refractivity contribution is -0.384. The number of nitrogens with two attached hydrogens (primary N) is 2. The van der Waals surface area contributed by atoms with Crippen molar-refractivity contribution in [3.63, 3.8) is 0 Å². The molecule has 0 spiro atoms. The van der Waals surface area contributed by atoms with Crippen LogP contribution in [0.25, 0.3) is 0 Å². The fraction of sp³-hybridized carbons (Fsp3) is 0.261. The third-order valence-electron chi connectivity index (χ3n) is 5.45. The molecule has 3 rings (SSSR count). The molecule has 194 valence electrons. The van der Waals surface area contributed by atoms with Crippen LogP contribution in [0.2, 0.25) is 0 Å². The molecule has 4 amide bonds. The standard InChI is InChI=1S/C23H25N7O7/c1-37-21(33)20(14-5-3-2-4-6-14)29-19(32)13-28(23(29)34)10-9-26-18(31)11-15-7-8-16(30(35)36)12-17(15)27-22(24)25/h2-8,12,20H,9-11,13H2,1H3,(H,26,31)(H4,24,25,27). The van der Waals surface area contributed by atoms with Crippen molar-refractivity contribution >= 4 is 41.1 Å². The number of amides is 4. The molecule has 5 N–H and O–H groups in total. The van der Waals surface area contributed by atoms with Gasteiger partial charge in [0.2, 0.25) is 5.91 Å². The van der Waals surface area contributed by atoms with Crippen LogP contribution in [0.15, 0.2) is 53.5 Å². The Labute approximate surface area is 211 Å². The molecule has 14 heteroatoms. The first-order valence-electron chi connectivity index (χ1n) is 11.0. The highest BCUT2D eigenvalue weighted by Crippen LogP contribution is 2.28. The number of non-ortho nitro benzene ring substituents is 1. The molecule has 2 aromatic rings. The molecule has 1 unspecified atom stereocenters. The van der Waals surface area contributed by atoms with E-state index in [-0.39, 0.29) is 43.4 Å². The highest BCUT2D eigenvalue weighted by molar-refractivity contribution is 6.05. The van der Waals surface area contributed by atoms with Gasteiger partial charge in [0.1, 0.15) is 6.54 Å². The molecule has 1 fully saturated rings. The molecule has 14 nitrogen and oxygen atoms in total. The summed E-state index contributed by atoms with van der Waals surface area (Å²) >= 11 is 0. The van der Waals surface area contributed by atoms with Gasteiger partial charge < -0.3 is 26.4 Å². The third kappa shape index (κ3) is 6.36. The Morgan fingerprint density at radius 1 is 1.19 bits per heavy atom. The van der Waals surface area contributed by atoms with Gasteiger partial charge in [-0.2, -0.15) is 0 Å². The summed E-state index contributed by atoms with van der Waals surface area (Å²) in [4.78, 5) is 66.8. The van der Waals surface area contributed by atoms with E-state index in [9.17, 15) is 29.3 Å². The minimum atomic E-state index is -1.23. The van der Waals surface area contributed by atoms with Gasteiger partial charge >= 0.3 is 12.0 Å². The van der Waals surface area contributed by atoms with Crippen molar-refractivity contribution in [2.75, 3.05) is 26.7 Å². The summed E-state index contributed by atoms with van der Waals surface area (Å²) in [6, 6.07) is 10.1. The molecule has 1 heterocycles. The number of nitro benzene ring substituents is 1. The van der Waals surface area contributed by atoms with E-state index < -0.39 is 34.8 Å². The molecular weight excluding hydrogens is 486 g/mol. The number of imide groups is 1. The van der Waals surface area contributed by atoms with Crippen molar-refractivity contribution in [1.29, 1.82) is 0 Å². The number of nitrogens with one attached hydrogen (secondary N) is 1. The van der Waals surface area contributed by atoms with Gasteiger partial charge in [0.05, 0.1) is 24.1 Å². The predicted molar refractivity (Wildman–Crippen MR) is 130 cm³/mol. The van der Waals surface area contributed by atoms with Crippen molar-refractivity contribution in [2.24, 2.45) is 16.5 Å². The average Bonchev–Trinajstić information content (AvgIpc) is 3.13. The maximum Gasteiger partial charge on any atom is 0.333 e. The summed E-state index contributed by atoms with van der Waals surface area (Å²) in [6.45, 7) is -0.271. The first-order chi connectivity index (χ1) is 17.6. The van der Waals surface area contributed by atoms with Crippen LogP contribution in [0.4, 0.5) is 16.2 Å². The lowest BCUT2D eigenvalue weighted by atomic mass is 10.1. The number of benzene rings is 2. The second-order valence-corrected chi connectivity index (χ2v) is 7.94. The molecule has 1 saturated heterocycles. The van der Waals surface area contributed by atoms with Gasteiger partial charge in [-0.15, -0.1) is 0 Å². The average molecular weight is 511 g/mol. The smallest absolute Gasteiger partial charge is 0.333 e. The zero-order valence-electron chi connectivity index (χ0n) is 19.8. The van der Waals surface area contributed by atoms with Gasteiger partial charge in [0.15, 0.2) is 12.0 Å². The van der Waals surface area contributed by atoms with Crippen molar-refractivity contribution in [1.82, 2.24) is 15.1 Å². The van der Waals surface area contributed by atoms with E-state index in [1.165, 1.54) is 24.1 Å². The van der Waals surface area contributed by atoms with Crippen LogP contribution < -0.4 is 16.8 Å². The number of guanidine groups is 1. The van der Waals surface area contributed by atoms with Gasteiger partial charge in [-0.05, 0) is 17.2 Å². The Bertz CT molecular complexity index is 1250. The van der Waals surface area contributed by atoms with Crippen LogP contribution in [0.1, 0.15) is 17.2 Å². The third-order valence-corrected chi connectivity index (χ3v) is 5.45. The van der Waals surface area contributed by atoms with Gasteiger partial charge in [0, 0.05) is 25.2 Å². The summed E-state index contributed by atoms with van der Waals surface area (Å²) in [5.41, 5.74) is 11.4. The van der Waals surface area contributed by atoms with Crippen LogP contribution >= 0.6 is 0 Å². The monoisotopic (exact) mass is 511 g/mol. The van der Waals surface area contributed by atoms with Gasteiger partial charge in [0.25, 0.3) is 11.6 Å².